The fraction of sp³-hybridized carbons (Fsp3) is 0.517. The zero-order valence-electron chi connectivity index (χ0n) is 24.7. The summed E-state index contributed by atoms with van der Waals surface area (Å²) in [6, 6.07) is 5.02. The number of carbonyl (C=O) groups is 1. The second kappa shape index (κ2) is 11.4. The van der Waals surface area contributed by atoms with E-state index in [0.717, 1.165) is 17.7 Å². The summed E-state index contributed by atoms with van der Waals surface area (Å²) in [6.07, 6.45) is 2.76. The molecule has 216 valence electrons. The SMILES string of the molecule is CC/C(C)=C(/c1nc2n(n1)CCC(=O)N2Cc1ccc(-c2nc(C(C)(F)P)cn2C(C)C)c(F)c1)N(C)C(C)C. The van der Waals surface area contributed by atoms with E-state index in [0.29, 0.717) is 29.7 Å². The lowest BCUT2D eigenvalue weighted by Crippen LogP contribution is -2.37. The van der Waals surface area contributed by atoms with Crippen LogP contribution in [0.5, 0.6) is 0 Å². The van der Waals surface area contributed by atoms with E-state index in [1.807, 2.05) is 20.9 Å². The molecule has 0 aliphatic carbocycles. The minimum absolute atomic E-state index is 0.0424. The van der Waals surface area contributed by atoms with Gasteiger partial charge in [-0.25, -0.2) is 18.4 Å². The van der Waals surface area contributed by atoms with Crippen LogP contribution in [0.1, 0.15) is 84.4 Å². The van der Waals surface area contributed by atoms with Crippen LogP contribution in [0.3, 0.4) is 0 Å². The highest BCUT2D eigenvalue weighted by molar-refractivity contribution is 7.18. The summed E-state index contributed by atoms with van der Waals surface area (Å²) in [7, 11) is 4.15. The molecule has 3 heterocycles. The van der Waals surface area contributed by atoms with Crippen LogP contribution < -0.4 is 4.90 Å². The number of amides is 1. The Morgan fingerprint density at radius 3 is 2.50 bits per heavy atom. The van der Waals surface area contributed by atoms with Gasteiger partial charge in [0.2, 0.25) is 11.9 Å². The average molecular weight is 572 g/mol. The number of allylic oxidation sites excluding steroid dienone is 1. The monoisotopic (exact) mass is 571 g/mol. The molecular formula is C29H40F2N7OP. The molecule has 1 aromatic carbocycles. The van der Waals surface area contributed by atoms with Gasteiger partial charge in [0.1, 0.15) is 11.6 Å². The molecule has 0 saturated carbocycles. The van der Waals surface area contributed by atoms with Crippen LogP contribution in [0.15, 0.2) is 30.0 Å². The summed E-state index contributed by atoms with van der Waals surface area (Å²) in [4.78, 5) is 26.0. The van der Waals surface area contributed by atoms with Crippen molar-refractivity contribution in [1.82, 2.24) is 29.2 Å². The van der Waals surface area contributed by atoms with Gasteiger partial charge in [-0.05, 0) is 71.2 Å². The molecular weight excluding hydrogens is 531 g/mol. The smallest absolute Gasteiger partial charge is 0.231 e. The Bertz CT molecular complexity index is 1430. The first-order valence-electron chi connectivity index (χ1n) is 13.8. The van der Waals surface area contributed by atoms with Gasteiger partial charge in [-0.15, -0.1) is 5.10 Å². The molecule has 3 aromatic rings. The van der Waals surface area contributed by atoms with E-state index in [2.05, 4.69) is 46.8 Å². The summed E-state index contributed by atoms with van der Waals surface area (Å²) in [6.45, 7) is 14.3. The van der Waals surface area contributed by atoms with E-state index < -0.39 is 11.2 Å². The van der Waals surface area contributed by atoms with E-state index in [1.54, 1.807) is 32.5 Å². The molecule has 8 nitrogen and oxygen atoms in total. The molecule has 0 spiro atoms. The van der Waals surface area contributed by atoms with Gasteiger partial charge in [-0.1, -0.05) is 22.2 Å². The second-order valence-corrected chi connectivity index (χ2v) is 12.3. The van der Waals surface area contributed by atoms with Gasteiger partial charge in [-0.2, -0.15) is 4.98 Å². The van der Waals surface area contributed by atoms with E-state index in [1.165, 1.54) is 13.0 Å². The van der Waals surface area contributed by atoms with Crippen molar-refractivity contribution in [3.05, 3.63) is 52.9 Å². The molecule has 40 heavy (non-hydrogen) atoms. The maximum Gasteiger partial charge on any atom is 0.231 e. The highest BCUT2D eigenvalue weighted by atomic mass is 31.0. The van der Waals surface area contributed by atoms with Crippen molar-refractivity contribution in [1.29, 1.82) is 0 Å². The second-order valence-electron chi connectivity index (χ2n) is 11.2. The first-order valence-corrected chi connectivity index (χ1v) is 14.3. The molecule has 0 saturated heterocycles. The number of alkyl halides is 1. The third-order valence-corrected chi connectivity index (χ3v) is 7.71. The number of fused-ring (bicyclic) bond motifs is 1. The number of anilines is 1. The summed E-state index contributed by atoms with van der Waals surface area (Å²) in [5.41, 5.74) is 3.21. The van der Waals surface area contributed by atoms with Crippen molar-refractivity contribution in [2.24, 2.45) is 0 Å². The van der Waals surface area contributed by atoms with Crippen LogP contribution in [-0.4, -0.2) is 48.2 Å². The molecule has 0 radical (unpaired) electrons. The van der Waals surface area contributed by atoms with Crippen LogP contribution in [0.25, 0.3) is 17.1 Å². The maximum atomic E-state index is 15.5. The van der Waals surface area contributed by atoms with Gasteiger partial charge in [0.05, 0.1) is 30.0 Å². The quantitative estimate of drug-likeness (QED) is 0.282. The topological polar surface area (TPSA) is 72.1 Å². The van der Waals surface area contributed by atoms with Crippen molar-refractivity contribution < 1.29 is 13.6 Å². The lowest BCUT2D eigenvalue weighted by atomic mass is 10.1. The van der Waals surface area contributed by atoms with Crippen LogP contribution in [0.4, 0.5) is 14.7 Å². The Balaban J connectivity index is 1.68. The van der Waals surface area contributed by atoms with Crippen molar-refractivity contribution in [2.45, 2.75) is 91.9 Å². The molecule has 0 fully saturated rings. The van der Waals surface area contributed by atoms with Crippen molar-refractivity contribution in [3.63, 3.8) is 0 Å². The molecule has 2 atom stereocenters. The normalized spacial score (nSPS) is 15.9. The highest BCUT2D eigenvalue weighted by Crippen LogP contribution is 2.36. The van der Waals surface area contributed by atoms with Gasteiger partial charge in [0.25, 0.3) is 0 Å². The predicted octanol–water partition coefficient (Wildman–Crippen LogP) is 6.30. The number of aromatic nitrogens is 5. The average Bonchev–Trinajstić information content (AvgIpc) is 3.51. The zero-order valence-corrected chi connectivity index (χ0v) is 25.8. The molecule has 4 rings (SSSR count). The predicted molar refractivity (Wildman–Crippen MR) is 158 cm³/mol. The number of rotatable bonds is 9. The molecule has 2 unspecified atom stereocenters. The summed E-state index contributed by atoms with van der Waals surface area (Å²) >= 11 is 0. The van der Waals surface area contributed by atoms with Crippen molar-refractivity contribution >= 4 is 26.8 Å². The van der Waals surface area contributed by atoms with Crippen LogP contribution in [0, 0.1) is 5.82 Å². The minimum atomic E-state index is -1.73. The minimum Gasteiger partial charge on any atom is -0.369 e. The first-order chi connectivity index (χ1) is 18.7. The van der Waals surface area contributed by atoms with Gasteiger partial charge in [-0.3, -0.25) is 9.69 Å². The molecule has 0 bridgehead atoms. The number of imidazole rings is 1. The Hall–Kier alpha value is -3.13. The van der Waals surface area contributed by atoms with Gasteiger partial charge in [0, 0.05) is 31.7 Å². The van der Waals surface area contributed by atoms with Gasteiger partial charge >= 0.3 is 0 Å². The molecule has 1 amide bonds. The van der Waals surface area contributed by atoms with E-state index in [-0.39, 0.29) is 42.2 Å². The Kier molecular flexibility index (Phi) is 8.50. The summed E-state index contributed by atoms with van der Waals surface area (Å²) in [5.74, 6) is 0.816. The zero-order chi connectivity index (χ0) is 29.5. The third-order valence-electron chi connectivity index (χ3n) is 7.41. The fourth-order valence-electron chi connectivity index (χ4n) is 4.71. The maximum absolute atomic E-state index is 15.5. The Labute approximate surface area is 237 Å². The Morgan fingerprint density at radius 1 is 1.23 bits per heavy atom. The molecule has 1 aliphatic rings. The number of halogens is 2. The first kappa shape index (κ1) is 29.8. The van der Waals surface area contributed by atoms with E-state index >= 15 is 4.39 Å². The number of hydrogen-bond donors (Lipinski definition) is 0. The van der Waals surface area contributed by atoms with Gasteiger partial charge < -0.3 is 9.47 Å². The number of aryl methyl sites for hydroxylation is 1. The van der Waals surface area contributed by atoms with Gasteiger partial charge in [0.15, 0.2) is 11.2 Å². The molecule has 2 aromatic heterocycles. The van der Waals surface area contributed by atoms with Crippen LogP contribution in [-0.2, 0) is 23.3 Å². The largest absolute Gasteiger partial charge is 0.369 e. The third kappa shape index (κ3) is 5.82. The Morgan fingerprint density at radius 2 is 1.93 bits per heavy atom. The summed E-state index contributed by atoms with van der Waals surface area (Å²) < 4.78 is 33.7. The van der Waals surface area contributed by atoms with Crippen LogP contribution in [0.2, 0.25) is 0 Å². The molecule has 11 heteroatoms. The lowest BCUT2D eigenvalue weighted by molar-refractivity contribution is -0.119. The van der Waals surface area contributed by atoms with Crippen molar-refractivity contribution in [3.8, 4) is 11.4 Å². The van der Waals surface area contributed by atoms with E-state index in [4.69, 9.17) is 10.1 Å². The van der Waals surface area contributed by atoms with Crippen molar-refractivity contribution in [2.75, 3.05) is 11.9 Å². The number of nitrogens with zero attached hydrogens (tertiary/aromatic N) is 7. The van der Waals surface area contributed by atoms with E-state index in [9.17, 15) is 9.18 Å². The highest BCUT2D eigenvalue weighted by Gasteiger charge is 2.31. The number of benzene rings is 1. The molecule has 0 N–H and O–H groups in total. The fourth-order valence-corrected chi connectivity index (χ4v) is 4.85. The molecule has 1 aliphatic heterocycles. The van der Waals surface area contributed by atoms with Crippen LogP contribution >= 0.6 is 9.24 Å². The standard InChI is InChI=1S/C29H40F2N7OP/c1-9-19(6)25(35(8)17(2)3)26-33-28-37(24(39)12-13-38(28)34-26)15-20-10-11-21(22(30)14-20)27-32-23(29(7,31)40)16-36(27)18(4)5/h10-11,14,16-18H,9,12-13,15,40H2,1-8H3/b25-19-. The number of hydrogen-bond acceptors (Lipinski definition) is 5. The summed E-state index contributed by atoms with van der Waals surface area (Å²) in [5, 5.41) is 3.03. The lowest BCUT2D eigenvalue weighted by Gasteiger charge is -2.27. The number of carbonyl (C=O) groups excluding carboxylic acids is 1.